The molecule has 0 atom stereocenters. The Morgan fingerprint density at radius 1 is 1.24 bits per heavy atom. The minimum atomic E-state index is 0.246. The Bertz CT molecular complexity index is 458. The van der Waals surface area contributed by atoms with Gasteiger partial charge in [-0.3, -0.25) is 0 Å². The van der Waals surface area contributed by atoms with Gasteiger partial charge in [-0.1, -0.05) is 35.4 Å². The van der Waals surface area contributed by atoms with E-state index in [0.717, 1.165) is 13.1 Å². The molecule has 0 N–H and O–H groups in total. The molecule has 1 heterocycles. The van der Waals surface area contributed by atoms with E-state index < -0.39 is 0 Å². The Labute approximate surface area is 105 Å². The molecule has 1 aromatic heterocycles. The van der Waals surface area contributed by atoms with Gasteiger partial charge in [-0.25, -0.2) is 0 Å². The molecule has 0 aliphatic carbocycles. The van der Waals surface area contributed by atoms with E-state index >= 15 is 0 Å². The SMILES string of the molecule is CCN(Cc1ccccc1)c1nnc(CCl)o1. The first kappa shape index (κ1) is 11.9. The number of benzene rings is 1. The summed E-state index contributed by atoms with van der Waals surface area (Å²) in [5.74, 6) is 0.698. The van der Waals surface area contributed by atoms with Crippen LogP contribution >= 0.6 is 11.6 Å². The van der Waals surface area contributed by atoms with Crippen molar-refractivity contribution < 1.29 is 4.42 Å². The predicted molar refractivity (Wildman–Crippen MR) is 67.0 cm³/mol. The normalized spacial score (nSPS) is 10.5. The van der Waals surface area contributed by atoms with Crippen LogP contribution in [0, 0.1) is 0 Å². The summed E-state index contributed by atoms with van der Waals surface area (Å²) < 4.78 is 5.43. The number of nitrogens with zero attached hydrogens (tertiary/aromatic N) is 3. The van der Waals surface area contributed by atoms with Crippen molar-refractivity contribution in [1.82, 2.24) is 10.2 Å². The lowest BCUT2D eigenvalue weighted by Crippen LogP contribution is -2.22. The highest BCUT2D eigenvalue weighted by Crippen LogP contribution is 2.16. The van der Waals surface area contributed by atoms with Crippen LogP contribution in [0.3, 0.4) is 0 Å². The summed E-state index contributed by atoms with van der Waals surface area (Å²) in [6.07, 6.45) is 0. The molecule has 0 saturated heterocycles. The minimum absolute atomic E-state index is 0.246. The molecule has 2 aromatic rings. The Morgan fingerprint density at radius 3 is 2.59 bits per heavy atom. The van der Waals surface area contributed by atoms with Crippen LogP contribution in [0.4, 0.5) is 6.01 Å². The lowest BCUT2D eigenvalue weighted by Gasteiger charge is -2.17. The minimum Gasteiger partial charge on any atom is -0.407 e. The number of aromatic nitrogens is 2. The van der Waals surface area contributed by atoms with Crippen LogP contribution < -0.4 is 4.90 Å². The van der Waals surface area contributed by atoms with Gasteiger partial charge in [0.05, 0.1) is 0 Å². The van der Waals surface area contributed by atoms with E-state index in [-0.39, 0.29) is 5.88 Å². The molecule has 1 aromatic carbocycles. The zero-order valence-corrected chi connectivity index (χ0v) is 10.4. The van der Waals surface area contributed by atoms with E-state index in [9.17, 15) is 0 Å². The van der Waals surface area contributed by atoms with Crippen LogP contribution in [0.15, 0.2) is 34.7 Å². The standard InChI is InChI=1S/C12H14ClN3O/c1-2-16(9-10-6-4-3-5-7-10)12-15-14-11(8-13)17-12/h3-7H,2,8-9H2,1H3. The average molecular weight is 252 g/mol. The largest absolute Gasteiger partial charge is 0.407 e. The summed E-state index contributed by atoms with van der Waals surface area (Å²) in [5, 5.41) is 7.83. The monoisotopic (exact) mass is 251 g/mol. The van der Waals surface area contributed by atoms with E-state index in [1.54, 1.807) is 0 Å². The van der Waals surface area contributed by atoms with E-state index in [4.69, 9.17) is 16.0 Å². The number of rotatable bonds is 5. The average Bonchev–Trinajstić information content (AvgIpc) is 2.86. The molecule has 0 fully saturated rings. The summed E-state index contributed by atoms with van der Waals surface area (Å²) in [6.45, 7) is 3.60. The third-order valence-electron chi connectivity index (χ3n) is 2.44. The van der Waals surface area contributed by atoms with E-state index in [0.29, 0.717) is 11.9 Å². The zero-order chi connectivity index (χ0) is 12.1. The van der Waals surface area contributed by atoms with Crippen molar-refractivity contribution in [3.05, 3.63) is 41.8 Å². The summed E-state index contributed by atoms with van der Waals surface area (Å²) >= 11 is 5.63. The smallest absolute Gasteiger partial charge is 0.318 e. The fourth-order valence-electron chi connectivity index (χ4n) is 1.55. The van der Waals surface area contributed by atoms with Crippen molar-refractivity contribution in [1.29, 1.82) is 0 Å². The number of anilines is 1. The topological polar surface area (TPSA) is 42.2 Å². The van der Waals surface area contributed by atoms with E-state index in [1.165, 1.54) is 5.56 Å². The van der Waals surface area contributed by atoms with Crippen molar-refractivity contribution >= 4 is 17.6 Å². The summed E-state index contributed by atoms with van der Waals surface area (Å²) in [7, 11) is 0. The van der Waals surface area contributed by atoms with Gasteiger partial charge in [0, 0.05) is 13.1 Å². The highest BCUT2D eigenvalue weighted by atomic mass is 35.5. The van der Waals surface area contributed by atoms with Gasteiger partial charge in [-0.2, -0.15) is 0 Å². The number of hydrogen-bond acceptors (Lipinski definition) is 4. The van der Waals surface area contributed by atoms with Gasteiger partial charge in [0.25, 0.3) is 0 Å². The quantitative estimate of drug-likeness (QED) is 0.767. The third kappa shape index (κ3) is 2.97. The number of hydrogen-bond donors (Lipinski definition) is 0. The van der Waals surface area contributed by atoms with Crippen molar-refractivity contribution in [3.8, 4) is 0 Å². The predicted octanol–water partition coefficient (Wildman–Crippen LogP) is 2.83. The highest BCUT2D eigenvalue weighted by molar-refractivity contribution is 6.16. The molecule has 2 rings (SSSR count). The fourth-order valence-corrected chi connectivity index (χ4v) is 1.65. The molecule has 17 heavy (non-hydrogen) atoms. The summed E-state index contributed by atoms with van der Waals surface area (Å²) in [5.41, 5.74) is 1.21. The Morgan fingerprint density at radius 2 is 2.00 bits per heavy atom. The Balaban J connectivity index is 2.11. The maximum Gasteiger partial charge on any atom is 0.318 e. The maximum atomic E-state index is 5.63. The van der Waals surface area contributed by atoms with Gasteiger partial charge < -0.3 is 9.32 Å². The third-order valence-corrected chi connectivity index (χ3v) is 2.67. The molecular weight excluding hydrogens is 238 g/mol. The molecule has 0 saturated carbocycles. The highest BCUT2D eigenvalue weighted by Gasteiger charge is 2.12. The van der Waals surface area contributed by atoms with Crippen molar-refractivity contribution in [2.75, 3.05) is 11.4 Å². The molecular formula is C12H14ClN3O. The molecule has 0 unspecified atom stereocenters. The van der Waals surface area contributed by atoms with Gasteiger partial charge in [0.2, 0.25) is 5.89 Å². The van der Waals surface area contributed by atoms with Gasteiger partial charge in [0.15, 0.2) is 0 Å². The van der Waals surface area contributed by atoms with Crippen LogP contribution in [0.1, 0.15) is 18.4 Å². The summed E-state index contributed by atoms with van der Waals surface area (Å²) in [4.78, 5) is 2.01. The van der Waals surface area contributed by atoms with Crippen LogP contribution in [-0.4, -0.2) is 16.7 Å². The lowest BCUT2D eigenvalue weighted by atomic mass is 10.2. The van der Waals surface area contributed by atoms with Gasteiger partial charge in [0.1, 0.15) is 5.88 Å². The van der Waals surface area contributed by atoms with E-state index in [2.05, 4.69) is 22.3 Å². The molecule has 5 heteroatoms. The molecule has 4 nitrogen and oxygen atoms in total. The van der Waals surface area contributed by atoms with Gasteiger partial charge >= 0.3 is 6.01 Å². The number of halogens is 1. The molecule has 0 amide bonds. The van der Waals surface area contributed by atoms with Crippen LogP contribution in [0.25, 0.3) is 0 Å². The molecule has 0 bridgehead atoms. The fraction of sp³-hybridized carbons (Fsp3) is 0.333. The summed E-state index contributed by atoms with van der Waals surface area (Å²) in [6, 6.07) is 10.7. The molecule has 0 aliphatic rings. The number of alkyl halides is 1. The first-order valence-corrected chi connectivity index (χ1v) is 6.04. The second kappa shape index (κ2) is 5.68. The van der Waals surface area contributed by atoms with Crippen LogP contribution in [0.5, 0.6) is 0 Å². The molecule has 0 aliphatic heterocycles. The molecule has 90 valence electrons. The van der Waals surface area contributed by atoms with Gasteiger partial charge in [-0.15, -0.1) is 16.7 Å². The van der Waals surface area contributed by atoms with Crippen molar-refractivity contribution in [3.63, 3.8) is 0 Å². The maximum absolute atomic E-state index is 5.63. The Kier molecular flexibility index (Phi) is 3.98. The second-order valence-corrected chi connectivity index (χ2v) is 3.88. The van der Waals surface area contributed by atoms with Crippen molar-refractivity contribution in [2.24, 2.45) is 0 Å². The second-order valence-electron chi connectivity index (χ2n) is 3.61. The van der Waals surface area contributed by atoms with E-state index in [1.807, 2.05) is 30.0 Å². The first-order valence-electron chi connectivity index (χ1n) is 5.50. The van der Waals surface area contributed by atoms with Crippen LogP contribution in [-0.2, 0) is 12.4 Å². The first-order chi connectivity index (χ1) is 8.33. The molecule has 0 spiro atoms. The lowest BCUT2D eigenvalue weighted by molar-refractivity contribution is 0.500. The zero-order valence-electron chi connectivity index (χ0n) is 9.64. The van der Waals surface area contributed by atoms with Crippen LogP contribution in [0.2, 0.25) is 0 Å². The molecule has 0 radical (unpaired) electrons. The Hall–Kier alpha value is -1.55. The van der Waals surface area contributed by atoms with Crippen molar-refractivity contribution in [2.45, 2.75) is 19.3 Å². The van der Waals surface area contributed by atoms with Gasteiger partial charge in [-0.05, 0) is 12.5 Å².